The van der Waals surface area contributed by atoms with Crippen LogP contribution in [0.15, 0.2) is 58.4 Å². The summed E-state index contributed by atoms with van der Waals surface area (Å²) < 4.78 is 28.3. The lowest BCUT2D eigenvalue weighted by atomic mass is 9.64. The zero-order chi connectivity index (χ0) is 21.9. The van der Waals surface area contributed by atoms with Crippen LogP contribution < -0.4 is 10.0 Å². The van der Waals surface area contributed by atoms with E-state index in [9.17, 15) is 13.2 Å². The normalized spacial score (nSPS) is 18.3. The number of anilines is 1. The average molecular weight is 460 g/mol. The van der Waals surface area contributed by atoms with Crippen molar-refractivity contribution in [3.8, 4) is 0 Å². The molecule has 0 bridgehead atoms. The van der Waals surface area contributed by atoms with E-state index in [-0.39, 0.29) is 10.8 Å². The number of carbonyl (C=O) groups is 1. The van der Waals surface area contributed by atoms with Crippen molar-refractivity contribution < 1.29 is 13.2 Å². The summed E-state index contributed by atoms with van der Waals surface area (Å²) in [6, 6.07) is 13.7. The molecule has 0 unspecified atom stereocenters. The first-order chi connectivity index (χ1) is 14.9. The van der Waals surface area contributed by atoms with Crippen LogP contribution in [0.4, 0.5) is 5.69 Å². The summed E-state index contributed by atoms with van der Waals surface area (Å²) in [5.41, 5.74) is 0.706. The third-order valence-electron chi connectivity index (χ3n) is 6.05. The number of sulfonamides is 1. The van der Waals surface area contributed by atoms with Crippen molar-refractivity contribution in [3.63, 3.8) is 0 Å². The Labute approximate surface area is 188 Å². The molecular formula is C23H26ClN3O3S. The van der Waals surface area contributed by atoms with Crippen LogP contribution >= 0.6 is 11.6 Å². The number of halogens is 1. The Hall–Kier alpha value is -2.38. The summed E-state index contributed by atoms with van der Waals surface area (Å²) in [5, 5.41) is 3.52. The van der Waals surface area contributed by atoms with Gasteiger partial charge in [-0.25, -0.2) is 8.42 Å². The van der Waals surface area contributed by atoms with Gasteiger partial charge in [-0.3, -0.25) is 14.5 Å². The van der Waals surface area contributed by atoms with Gasteiger partial charge in [-0.1, -0.05) is 42.6 Å². The molecule has 1 aliphatic heterocycles. The second kappa shape index (κ2) is 9.01. The Kier molecular flexibility index (Phi) is 6.34. The fraction of sp³-hybridized carbons (Fsp3) is 0.391. The summed E-state index contributed by atoms with van der Waals surface area (Å²) >= 11 is 6.14. The van der Waals surface area contributed by atoms with E-state index in [1.807, 2.05) is 18.2 Å². The van der Waals surface area contributed by atoms with Crippen LogP contribution in [0.3, 0.4) is 0 Å². The Morgan fingerprint density at radius 2 is 1.81 bits per heavy atom. The van der Waals surface area contributed by atoms with E-state index in [2.05, 4.69) is 15.0 Å². The maximum absolute atomic E-state index is 13.2. The van der Waals surface area contributed by atoms with Gasteiger partial charge >= 0.3 is 0 Å². The fourth-order valence-corrected chi connectivity index (χ4v) is 5.45. The highest BCUT2D eigenvalue weighted by molar-refractivity contribution is 7.90. The van der Waals surface area contributed by atoms with Gasteiger partial charge in [0.05, 0.1) is 10.3 Å². The molecule has 0 spiro atoms. The zero-order valence-electron chi connectivity index (χ0n) is 17.2. The minimum absolute atomic E-state index is 0.0997. The summed E-state index contributed by atoms with van der Waals surface area (Å²) in [6.07, 6.45) is 5.99. The van der Waals surface area contributed by atoms with Gasteiger partial charge in [0.15, 0.2) is 0 Å². The Bertz CT molecular complexity index is 1110. The molecule has 1 amide bonds. The number of rotatable bonds is 5. The summed E-state index contributed by atoms with van der Waals surface area (Å²) in [5.74, 6) is 0.359. The summed E-state index contributed by atoms with van der Waals surface area (Å²) in [7, 11) is -3.77. The molecule has 1 saturated carbocycles. The number of hydrogen-bond acceptors (Lipinski definition) is 4. The van der Waals surface area contributed by atoms with E-state index in [1.54, 1.807) is 18.2 Å². The lowest BCUT2D eigenvalue weighted by Gasteiger charge is -2.40. The number of amidine groups is 1. The van der Waals surface area contributed by atoms with Crippen LogP contribution in [-0.4, -0.2) is 26.7 Å². The number of carbonyl (C=O) groups excluding carboxylic acids is 1. The largest absolute Gasteiger partial charge is 0.325 e. The Balaban J connectivity index is 1.53. The van der Waals surface area contributed by atoms with E-state index < -0.39 is 15.4 Å². The molecule has 0 aromatic heterocycles. The van der Waals surface area contributed by atoms with E-state index in [4.69, 9.17) is 11.6 Å². The van der Waals surface area contributed by atoms with Crippen molar-refractivity contribution >= 4 is 39.1 Å². The number of aliphatic imine (C=N–C) groups is 1. The predicted octanol–water partition coefficient (Wildman–Crippen LogP) is 4.65. The topological polar surface area (TPSA) is 87.6 Å². The summed E-state index contributed by atoms with van der Waals surface area (Å²) in [4.78, 5) is 17.6. The van der Waals surface area contributed by atoms with Gasteiger partial charge in [-0.05, 0) is 61.6 Å². The van der Waals surface area contributed by atoms with Gasteiger partial charge in [0.25, 0.3) is 10.0 Å². The SMILES string of the molecule is O=C(Nc1cccc(S(=O)(=O)NC2=NCCCCC2)c1)C1(c2cccc(Cl)c2)CCC1. The van der Waals surface area contributed by atoms with E-state index in [1.165, 1.54) is 12.1 Å². The standard InChI is InChI=1S/C23H26ClN3O3S/c24-18-8-4-7-17(15-18)23(12-6-13-23)22(28)26-19-9-5-10-20(16-19)31(29,30)27-21-11-2-1-3-14-25-21/h4-5,7-10,15-16H,1-3,6,11-14H2,(H,25,27)(H,26,28). The highest BCUT2D eigenvalue weighted by Crippen LogP contribution is 2.45. The number of benzene rings is 2. The molecule has 2 aromatic carbocycles. The maximum atomic E-state index is 13.2. The second-order valence-corrected chi connectivity index (χ2v) is 10.3. The minimum atomic E-state index is -3.77. The number of hydrogen-bond donors (Lipinski definition) is 2. The monoisotopic (exact) mass is 459 g/mol. The summed E-state index contributed by atoms with van der Waals surface area (Å²) in [6.45, 7) is 0.638. The van der Waals surface area contributed by atoms with E-state index in [0.29, 0.717) is 29.5 Å². The van der Waals surface area contributed by atoms with Crippen molar-refractivity contribution in [3.05, 3.63) is 59.1 Å². The maximum Gasteiger partial charge on any atom is 0.262 e. The molecule has 8 heteroatoms. The van der Waals surface area contributed by atoms with Crippen LogP contribution in [-0.2, 0) is 20.2 Å². The van der Waals surface area contributed by atoms with Crippen molar-refractivity contribution in [2.75, 3.05) is 11.9 Å². The molecular weight excluding hydrogens is 434 g/mol. The number of nitrogens with one attached hydrogen (secondary N) is 2. The van der Waals surface area contributed by atoms with Gasteiger partial charge in [-0.2, -0.15) is 0 Å². The molecule has 1 aliphatic carbocycles. The molecule has 1 heterocycles. The van der Waals surface area contributed by atoms with Gasteiger partial charge in [0.2, 0.25) is 5.91 Å². The molecule has 0 atom stereocenters. The first-order valence-corrected chi connectivity index (χ1v) is 12.5. The number of amides is 1. The average Bonchev–Trinajstić information content (AvgIpc) is 2.95. The molecule has 0 saturated heterocycles. The molecule has 0 radical (unpaired) electrons. The molecule has 4 rings (SSSR count). The van der Waals surface area contributed by atoms with Crippen LogP contribution in [0.1, 0.15) is 50.5 Å². The molecule has 2 aromatic rings. The highest BCUT2D eigenvalue weighted by Gasteiger charge is 2.45. The van der Waals surface area contributed by atoms with Crippen LogP contribution in [0, 0.1) is 0 Å². The molecule has 1 fully saturated rings. The van der Waals surface area contributed by atoms with Crippen molar-refractivity contribution in [1.82, 2.24) is 4.72 Å². The van der Waals surface area contributed by atoms with E-state index in [0.717, 1.165) is 44.1 Å². The molecule has 2 aliphatic rings. The lowest BCUT2D eigenvalue weighted by molar-refractivity contribution is -0.124. The van der Waals surface area contributed by atoms with E-state index >= 15 is 0 Å². The molecule has 31 heavy (non-hydrogen) atoms. The first-order valence-electron chi connectivity index (χ1n) is 10.6. The Morgan fingerprint density at radius 3 is 2.55 bits per heavy atom. The fourth-order valence-electron chi connectivity index (χ4n) is 4.13. The van der Waals surface area contributed by atoms with Gasteiger partial charge in [-0.15, -0.1) is 0 Å². The van der Waals surface area contributed by atoms with Crippen LogP contribution in [0.2, 0.25) is 5.02 Å². The highest BCUT2D eigenvalue weighted by atomic mass is 35.5. The smallest absolute Gasteiger partial charge is 0.262 e. The van der Waals surface area contributed by atoms with Crippen molar-refractivity contribution in [2.24, 2.45) is 4.99 Å². The second-order valence-electron chi connectivity index (χ2n) is 8.17. The third kappa shape index (κ3) is 4.77. The third-order valence-corrected chi connectivity index (χ3v) is 7.66. The van der Waals surface area contributed by atoms with Crippen LogP contribution in [0.5, 0.6) is 0 Å². The zero-order valence-corrected chi connectivity index (χ0v) is 18.8. The molecule has 2 N–H and O–H groups in total. The number of nitrogens with zero attached hydrogens (tertiary/aromatic N) is 1. The predicted molar refractivity (Wildman–Crippen MR) is 123 cm³/mol. The van der Waals surface area contributed by atoms with Crippen molar-refractivity contribution in [1.29, 1.82) is 0 Å². The first kappa shape index (κ1) is 21.8. The van der Waals surface area contributed by atoms with Crippen LogP contribution in [0.25, 0.3) is 0 Å². The lowest BCUT2D eigenvalue weighted by Crippen LogP contribution is -2.46. The minimum Gasteiger partial charge on any atom is -0.325 e. The molecule has 164 valence electrons. The van der Waals surface area contributed by atoms with Crippen molar-refractivity contribution in [2.45, 2.75) is 55.3 Å². The van der Waals surface area contributed by atoms with Gasteiger partial charge in [0, 0.05) is 23.7 Å². The quantitative estimate of drug-likeness (QED) is 0.682. The molecule has 6 nitrogen and oxygen atoms in total. The van der Waals surface area contributed by atoms with Gasteiger partial charge < -0.3 is 5.32 Å². The Morgan fingerprint density at radius 1 is 1.00 bits per heavy atom. The van der Waals surface area contributed by atoms with Gasteiger partial charge in [0.1, 0.15) is 5.84 Å².